The topological polar surface area (TPSA) is 18.5 Å². The molecule has 0 radical (unpaired) electrons. The lowest BCUT2D eigenvalue weighted by molar-refractivity contribution is 0.287. The molecule has 0 aliphatic rings. The largest absolute Gasteiger partial charge is 0.490 e. The molecule has 0 aliphatic heterocycles. The Morgan fingerprint density at radius 1 is 1.11 bits per heavy atom. The van der Waals surface area contributed by atoms with Gasteiger partial charge in [-0.2, -0.15) is 0 Å². The summed E-state index contributed by atoms with van der Waals surface area (Å²) in [5.74, 6) is 2.19. The van der Waals surface area contributed by atoms with Crippen LogP contribution in [-0.4, -0.2) is 13.2 Å². The molecule has 18 heavy (non-hydrogen) atoms. The van der Waals surface area contributed by atoms with Crippen LogP contribution >= 0.6 is 0 Å². The van der Waals surface area contributed by atoms with E-state index in [0.29, 0.717) is 19.1 Å². The first kappa shape index (κ1) is 14.6. The fourth-order valence-electron chi connectivity index (χ4n) is 2.06. The van der Waals surface area contributed by atoms with Gasteiger partial charge in [0.1, 0.15) is 0 Å². The Kier molecular flexibility index (Phi) is 6.34. The number of hydrogen-bond donors (Lipinski definition) is 0. The Hall–Kier alpha value is -1.44. The van der Waals surface area contributed by atoms with Crippen molar-refractivity contribution in [3.8, 4) is 11.5 Å². The third kappa shape index (κ3) is 3.80. The van der Waals surface area contributed by atoms with Crippen LogP contribution in [0.1, 0.15) is 45.1 Å². The van der Waals surface area contributed by atoms with Crippen molar-refractivity contribution in [3.63, 3.8) is 0 Å². The Morgan fingerprint density at radius 2 is 1.78 bits per heavy atom. The molecule has 1 rings (SSSR count). The van der Waals surface area contributed by atoms with Crippen LogP contribution in [0.3, 0.4) is 0 Å². The predicted octanol–water partition coefficient (Wildman–Crippen LogP) is 4.55. The van der Waals surface area contributed by atoms with E-state index in [1.54, 1.807) is 0 Å². The van der Waals surface area contributed by atoms with Gasteiger partial charge in [-0.15, -0.1) is 6.58 Å². The molecule has 0 amide bonds. The SMILES string of the molecule is C=CCC(CC)c1ccc(OCC)c(OCC)c1. The van der Waals surface area contributed by atoms with Gasteiger partial charge in [0, 0.05) is 0 Å². The van der Waals surface area contributed by atoms with Gasteiger partial charge in [-0.05, 0) is 50.3 Å². The van der Waals surface area contributed by atoms with Crippen molar-refractivity contribution in [1.29, 1.82) is 0 Å². The third-order valence-corrected chi connectivity index (χ3v) is 2.98. The smallest absolute Gasteiger partial charge is 0.161 e. The highest BCUT2D eigenvalue weighted by Crippen LogP contribution is 2.33. The molecule has 0 saturated carbocycles. The summed E-state index contributed by atoms with van der Waals surface area (Å²) in [4.78, 5) is 0. The average Bonchev–Trinajstić information content (AvgIpc) is 2.38. The lowest BCUT2D eigenvalue weighted by atomic mass is 9.93. The van der Waals surface area contributed by atoms with E-state index in [-0.39, 0.29) is 0 Å². The molecule has 0 bridgehead atoms. The minimum Gasteiger partial charge on any atom is -0.490 e. The summed E-state index contributed by atoms with van der Waals surface area (Å²) < 4.78 is 11.2. The van der Waals surface area contributed by atoms with Gasteiger partial charge in [-0.3, -0.25) is 0 Å². The zero-order chi connectivity index (χ0) is 13.4. The highest BCUT2D eigenvalue weighted by Gasteiger charge is 2.12. The zero-order valence-corrected chi connectivity index (χ0v) is 11.7. The van der Waals surface area contributed by atoms with Crippen LogP contribution in [-0.2, 0) is 0 Å². The number of rotatable bonds is 8. The first-order valence-corrected chi connectivity index (χ1v) is 6.77. The molecule has 0 aromatic heterocycles. The average molecular weight is 248 g/mol. The first-order valence-electron chi connectivity index (χ1n) is 6.77. The maximum absolute atomic E-state index is 5.65. The molecule has 1 aromatic rings. The molecule has 0 heterocycles. The molecule has 0 saturated heterocycles. The van der Waals surface area contributed by atoms with Crippen molar-refractivity contribution in [2.24, 2.45) is 0 Å². The monoisotopic (exact) mass is 248 g/mol. The van der Waals surface area contributed by atoms with E-state index >= 15 is 0 Å². The van der Waals surface area contributed by atoms with Gasteiger partial charge in [0.05, 0.1) is 13.2 Å². The summed E-state index contributed by atoms with van der Waals surface area (Å²) >= 11 is 0. The van der Waals surface area contributed by atoms with Crippen LogP contribution in [0.2, 0.25) is 0 Å². The predicted molar refractivity (Wildman–Crippen MR) is 76.6 cm³/mol. The Labute approximate surface area is 111 Å². The number of hydrogen-bond acceptors (Lipinski definition) is 2. The van der Waals surface area contributed by atoms with Gasteiger partial charge >= 0.3 is 0 Å². The minimum atomic E-state index is 0.511. The molecule has 1 aromatic carbocycles. The number of ether oxygens (including phenoxy) is 2. The van der Waals surface area contributed by atoms with Crippen LogP contribution in [0.4, 0.5) is 0 Å². The Balaban J connectivity index is 3.00. The van der Waals surface area contributed by atoms with Crippen LogP contribution < -0.4 is 9.47 Å². The quantitative estimate of drug-likeness (QED) is 0.628. The van der Waals surface area contributed by atoms with Gasteiger partial charge in [0.25, 0.3) is 0 Å². The van der Waals surface area contributed by atoms with Gasteiger partial charge in [-0.25, -0.2) is 0 Å². The first-order chi connectivity index (χ1) is 8.76. The van der Waals surface area contributed by atoms with Gasteiger partial charge in [0.15, 0.2) is 11.5 Å². The molecule has 1 unspecified atom stereocenters. The van der Waals surface area contributed by atoms with Crippen LogP contribution in [0.25, 0.3) is 0 Å². The normalized spacial score (nSPS) is 11.9. The highest BCUT2D eigenvalue weighted by atomic mass is 16.5. The second kappa shape index (κ2) is 7.80. The van der Waals surface area contributed by atoms with Crippen molar-refractivity contribution >= 4 is 0 Å². The maximum atomic E-state index is 5.65. The van der Waals surface area contributed by atoms with E-state index in [0.717, 1.165) is 24.3 Å². The van der Waals surface area contributed by atoms with Crippen molar-refractivity contribution in [1.82, 2.24) is 0 Å². The van der Waals surface area contributed by atoms with E-state index in [2.05, 4.69) is 25.6 Å². The van der Waals surface area contributed by atoms with Gasteiger partial charge in [-0.1, -0.05) is 19.1 Å². The minimum absolute atomic E-state index is 0.511. The molecule has 2 heteroatoms. The lowest BCUT2D eigenvalue weighted by Gasteiger charge is -2.17. The molecule has 0 aliphatic carbocycles. The molecule has 0 spiro atoms. The summed E-state index contributed by atoms with van der Waals surface area (Å²) in [6.07, 6.45) is 4.08. The molecule has 2 nitrogen and oxygen atoms in total. The van der Waals surface area contributed by atoms with Crippen molar-refractivity contribution < 1.29 is 9.47 Å². The van der Waals surface area contributed by atoms with Gasteiger partial charge in [0.2, 0.25) is 0 Å². The van der Waals surface area contributed by atoms with E-state index in [4.69, 9.17) is 9.47 Å². The molecule has 1 atom stereocenters. The van der Waals surface area contributed by atoms with Crippen LogP contribution in [0, 0.1) is 0 Å². The van der Waals surface area contributed by atoms with Crippen LogP contribution in [0.5, 0.6) is 11.5 Å². The van der Waals surface area contributed by atoms with Gasteiger partial charge < -0.3 is 9.47 Å². The van der Waals surface area contributed by atoms with Crippen molar-refractivity contribution in [3.05, 3.63) is 36.4 Å². The molecule has 0 fully saturated rings. The summed E-state index contributed by atoms with van der Waals surface area (Å²) in [6.45, 7) is 11.3. The molecular formula is C16H24O2. The van der Waals surface area contributed by atoms with Crippen molar-refractivity contribution in [2.45, 2.75) is 39.5 Å². The Bertz CT molecular complexity index is 371. The number of allylic oxidation sites excluding steroid dienone is 1. The lowest BCUT2D eigenvalue weighted by Crippen LogP contribution is -2.01. The summed E-state index contributed by atoms with van der Waals surface area (Å²) in [6, 6.07) is 6.24. The maximum Gasteiger partial charge on any atom is 0.161 e. The number of benzene rings is 1. The summed E-state index contributed by atoms with van der Waals surface area (Å²) in [7, 11) is 0. The molecule has 0 N–H and O–H groups in total. The molecule has 100 valence electrons. The standard InChI is InChI=1S/C16H24O2/c1-5-9-13(6-2)14-10-11-15(17-7-3)16(12-14)18-8-4/h5,10-13H,1,6-9H2,2-4H3. The third-order valence-electron chi connectivity index (χ3n) is 2.98. The zero-order valence-electron chi connectivity index (χ0n) is 11.7. The second-order valence-electron chi connectivity index (χ2n) is 4.20. The second-order valence-corrected chi connectivity index (χ2v) is 4.20. The van der Waals surface area contributed by atoms with E-state index < -0.39 is 0 Å². The Morgan fingerprint density at radius 3 is 2.33 bits per heavy atom. The fraction of sp³-hybridized carbons (Fsp3) is 0.500. The molecular weight excluding hydrogens is 224 g/mol. The van der Waals surface area contributed by atoms with E-state index in [9.17, 15) is 0 Å². The van der Waals surface area contributed by atoms with Crippen molar-refractivity contribution in [2.75, 3.05) is 13.2 Å². The fourth-order valence-corrected chi connectivity index (χ4v) is 2.06. The summed E-state index contributed by atoms with van der Waals surface area (Å²) in [5, 5.41) is 0. The van der Waals surface area contributed by atoms with Crippen LogP contribution in [0.15, 0.2) is 30.9 Å². The summed E-state index contributed by atoms with van der Waals surface area (Å²) in [5.41, 5.74) is 1.30. The van der Waals surface area contributed by atoms with E-state index in [1.807, 2.05) is 26.0 Å². The highest BCUT2D eigenvalue weighted by molar-refractivity contribution is 5.44. The van der Waals surface area contributed by atoms with E-state index in [1.165, 1.54) is 5.56 Å².